The molecule has 3 unspecified atom stereocenters. The summed E-state index contributed by atoms with van der Waals surface area (Å²) in [5.41, 5.74) is 0.680. The fourth-order valence-electron chi connectivity index (χ4n) is 3.12. The van der Waals surface area contributed by atoms with Crippen molar-refractivity contribution in [1.82, 2.24) is 0 Å². The summed E-state index contributed by atoms with van der Waals surface area (Å²) in [5.74, 6) is 0.823. The van der Waals surface area contributed by atoms with Gasteiger partial charge >= 0.3 is 0 Å². The highest BCUT2D eigenvalue weighted by molar-refractivity contribution is 5.91. The average molecular weight is 287 g/mol. The van der Waals surface area contributed by atoms with E-state index in [1.54, 1.807) is 32.4 Å². The molecule has 0 aliphatic heterocycles. The van der Waals surface area contributed by atoms with Crippen LogP contribution in [0.2, 0.25) is 0 Å². The number of nitrogens with zero attached hydrogens (tertiary/aromatic N) is 1. The number of Topliss-reactive ketones (excluding diaryl/α,β-unsaturated/α-hetero) is 1. The molecule has 0 aromatic heterocycles. The van der Waals surface area contributed by atoms with Gasteiger partial charge < -0.3 is 9.47 Å². The van der Waals surface area contributed by atoms with Gasteiger partial charge in [-0.05, 0) is 36.5 Å². The lowest BCUT2D eigenvalue weighted by molar-refractivity contribution is -0.124. The van der Waals surface area contributed by atoms with Crippen LogP contribution in [-0.2, 0) is 4.79 Å². The van der Waals surface area contributed by atoms with Crippen molar-refractivity contribution in [2.45, 2.75) is 32.1 Å². The third-order valence-electron chi connectivity index (χ3n) is 4.38. The van der Waals surface area contributed by atoms with E-state index in [0.717, 1.165) is 19.3 Å². The van der Waals surface area contributed by atoms with Gasteiger partial charge in [-0.1, -0.05) is 19.4 Å². The summed E-state index contributed by atoms with van der Waals surface area (Å²) >= 11 is 0. The van der Waals surface area contributed by atoms with Crippen LogP contribution in [0.5, 0.6) is 11.5 Å². The molecule has 1 aliphatic carbocycles. The Hall–Kier alpha value is -2.02. The predicted octanol–water partition coefficient (Wildman–Crippen LogP) is 3.32. The molecule has 1 aromatic rings. The lowest BCUT2D eigenvalue weighted by atomic mass is 9.83. The Labute approximate surface area is 125 Å². The Morgan fingerprint density at radius 2 is 2.00 bits per heavy atom. The molecule has 112 valence electrons. The van der Waals surface area contributed by atoms with Crippen molar-refractivity contribution in [1.29, 1.82) is 5.26 Å². The molecule has 0 radical (unpaired) electrons. The van der Waals surface area contributed by atoms with Crippen LogP contribution in [0.1, 0.15) is 37.7 Å². The third-order valence-corrected chi connectivity index (χ3v) is 4.38. The summed E-state index contributed by atoms with van der Waals surface area (Å²) in [5, 5.41) is 9.44. The lowest BCUT2D eigenvalue weighted by Gasteiger charge is -2.18. The fourth-order valence-corrected chi connectivity index (χ4v) is 3.12. The van der Waals surface area contributed by atoms with Gasteiger partial charge in [0, 0.05) is 5.92 Å². The van der Waals surface area contributed by atoms with Crippen molar-refractivity contribution in [2.24, 2.45) is 11.8 Å². The van der Waals surface area contributed by atoms with Crippen molar-refractivity contribution in [3.05, 3.63) is 23.8 Å². The van der Waals surface area contributed by atoms with Crippen molar-refractivity contribution < 1.29 is 14.3 Å². The number of carbonyl (C=O) groups is 1. The zero-order valence-corrected chi connectivity index (χ0v) is 12.8. The number of hydrogen-bond donors (Lipinski definition) is 0. The number of benzene rings is 1. The lowest BCUT2D eigenvalue weighted by Crippen LogP contribution is -2.23. The predicted molar refractivity (Wildman–Crippen MR) is 79.4 cm³/mol. The maximum absolute atomic E-state index is 12.6. The van der Waals surface area contributed by atoms with Gasteiger partial charge in [0.15, 0.2) is 17.3 Å². The first-order valence-electron chi connectivity index (χ1n) is 7.27. The Balaban J connectivity index is 2.29. The molecule has 1 aromatic carbocycles. The summed E-state index contributed by atoms with van der Waals surface area (Å²) in [6, 6.07) is 7.40. The van der Waals surface area contributed by atoms with Gasteiger partial charge in [0.1, 0.15) is 5.92 Å². The molecular weight excluding hydrogens is 266 g/mol. The van der Waals surface area contributed by atoms with Crippen LogP contribution in [0.25, 0.3) is 0 Å². The minimum absolute atomic E-state index is 0.00254. The third kappa shape index (κ3) is 3.02. The number of methoxy groups -OCH3 is 2. The molecule has 0 saturated heterocycles. The number of rotatable bonds is 5. The highest BCUT2D eigenvalue weighted by atomic mass is 16.5. The summed E-state index contributed by atoms with van der Waals surface area (Å²) in [4.78, 5) is 12.6. The monoisotopic (exact) mass is 287 g/mol. The zero-order chi connectivity index (χ0) is 15.4. The van der Waals surface area contributed by atoms with Crippen molar-refractivity contribution >= 4 is 5.78 Å². The Kier molecular flexibility index (Phi) is 4.85. The normalized spacial score (nSPS) is 22.4. The average Bonchev–Trinajstić information content (AvgIpc) is 2.93. The summed E-state index contributed by atoms with van der Waals surface area (Å²) in [6.45, 7) is 2.10. The van der Waals surface area contributed by atoms with E-state index in [9.17, 15) is 10.1 Å². The molecule has 1 saturated carbocycles. The van der Waals surface area contributed by atoms with Gasteiger partial charge in [-0.3, -0.25) is 4.79 Å². The molecular formula is C17H21NO3. The number of carbonyl (C=O) groups excluding carboxylic acids is 1. The van der Waals surface area contributed by atoms with Crippen LogP contribution in [0.15, 0.2) is 18.2 Å². The fraction of sp³-hybridized carbons (Fsp3) is 0.529. The maximum Gasteiger partial charge on any atom is 0.161 e. The minimum atomic E-state index is -0.727. The first-order chi connectivity index (χ1) is 10.1. The van der Waals surface area contributed by atoms with Crippen LogP contribution < -0.4 is 9.47 Å². The van der Waals surface area contributed by atoms with Gasteiger partial charge in [0.05, 0.1) is 20.3 Å². The molecule has 0 spiro atoms. The van der Waals surface area contributed by atoms with Gasteiger partial charge in [0.25, 0.3) is 0 Å². The Bertz CT molecular complexity index is 562. The van der Waals surface area contributed by atoms with Crippen molar-refractivity contribution in [3.63, 3.8) is 0 Å². The second-order valence-electron chi connectivity index (χ2n) is 5.59. The van der Waals surface area contributed by atoms with Crippen molar-refractivity contribution in [2.75, 3.05) is 14.2 Å². The summed E-state index contributed by atoms with van der Waals surface area (Å²) in [7, 11) is 3.11. The quantitative estimate of drug-likeness (QED) is 0.833. The highest BCUT2D eigenvalue weighted by Crippen LogP contribution is 2.37. The Morgan fingerprint density at radius 1 is 1.29 bits per heavy atom. The van der Waals surface area contributed by atoms with Crippen molar-refractivity contribution in [3.8, 4) is 17.6 Å². The summed E-state index contributed by atoms with van der Waals surface area (Å²) < 4.78 is 10.4. The molecule has 1 aliphatic rings. The molecule has 3 atom stereocenters. The first kappa shape index (κ1) is 15.4. The molecule has 0 amide bonds. The van der Waals surface area contributed by atoms with E-state index in [0.29, 0.717) is 23.0 Å². The molecule has 4 heteroatoms. The molecule has 2 rings (SSSR count). The SMILES string of the molecule is COc1ccc(C(C#N)C(=O)C2CCCC2C)cc1OC. The highest BCUT2D eigenvalue weighted by Gasteiger charge is 2.35. The van der Waals surface area contributed by atoms with Crippen LogP contribution >= 0.6 is 0 Å². The standard InChI is InChI=1S/C17H21NO3/c1-11-5-4-6-13(11)17(19)14(10-18)12-7-8-15(20-2)16(9-12)21-3/h7-9,11,13-14H,4-6H2,1-3H3. The summed E-state index contributed by atoms with van der Waals surface area (Å²) in [6.07, 6.45) is 3.04. The van der Waals surface area contributed by atoms with E-state index < -0.39 is 5.92 Å². The minimum Gasteiger partial charge on any atom is -0.493 e. The number of ketones is 1. The molecule has 0 heterocycles. The molecule has 21 heavy (non-hydrogen) atoms. The van der Waals surface area contributed by atoms with Gasteiger partial charge in [-0.25, -0.2) is 0 Å². The van der Waals surface area contributed by atoms with E-state index in [-0.39, 0.29) is 11.7 Å². The van der Waals surface area contributed by atoms with E-state index in [1.807, 2.05) is 0 Å². The maximum atomic E-state index is 12.6. The van der Waals surface area contributed by atoms with Crippen LogP contribution in [0.4, 0.5) is 0 Å². The van der Waals surface area contributed by atoms with Crippen LogP contribution in [0, 0.1) is 23.2 Å². The smallest absolute Gasteiger partial charge is 0.161 e. The number of hydrogen-bond acceptors (Lipinski definition) is 4. The largest absolute Gasteiger partial charge is 0.493 e. The topological polar surface area (TPSA) is 59.3 Å². The van der Waals surface area contributed by atoms with Gasteiger partial charge in [0.2, 0.25) is 0 Å². The second kappa shape index (κ2) is 6.62. The second-order valence-corrected chi connectivity index (χ2v) is 5.59. The number of ether oxygens (including phenoxy) is 2. The van der Waals surface area contributed by atoms with E-state index in [1.165, 1.54) is 0 Å². The zero-order valence-electron chi connectivity index (χ0n) is 12.8. The Morgan fingerprint density at radius 3 is 2.52 bits per heavy atom. The molecule has 4 nitrogen and oxygen atoms in total. The van der Waals surface area contributed by atoms with Gasteiger partial charge in [-0.15, -0.1) is 0 Å². The molecule has 0 bridgehead atoms. The number of nitriles is 1. The molecule has 1 fully saturated rings. The van der Waals surface area contributed by atoms with E-state index in [4.69, 9.17) is 9.47 Å². The van der Waals surface area contributed by atoms with E-state index in [2.05, 4.69) is 13.0 Å². The van der Waals surface area contributed by atoms with Crippen LogP contribution in [0.3, 0.4) is 0 Å². The van der Waals surface area contributed by atoms with Gasteiger partial charge in [-0.2, -0.15) is 5.26 Å². The first-order valence-corrected chi connectivity index (χ1v) is 7.27. The molecule has 0 N–H and O–H groups in total. The van der Waals surface area contributed by atoms with Crippen LogP contribution in [-0.4, -0.2) is 20.0 Å². The van der Waals surface area contributed by atoms with E-state index >= 15 is 0 Å².